The molecule has 0 aromatic heterocycles. The van der Waals surface area contributed by atoms with Crippen LogP contribution in [-0.2, 0) is 9.47 Å². The van der Waals surface area contributed by atoms with Gasteiger partial charge in [-0.1, -0.05) is 0 Å². The molecule has 0 aromatic rings. The van der Waals surface area contributed by atoms with E-state index in [2.05, 4.69) is 14.5 Å². The number of aliphatic imine (C=N–C) groups is 1. The molecule has 5 nitrogen and oxygen atoms in total. The van der Waals surface area contributed by atoms with Crippen molar-refractivity contribution in [1.29, 1.82) is 5.26 Å². The molecule has 0 amide bonds. The van der Waals surface area contributed by atoms with Gasteiger partial charge in [-0.15, -0.1) is 4.99 Å². The van der Waals surface area contributed by atoms with Crippen molar-refractivity contribution < 1.29 is 9.47 Å². The van der Waals surface area contributed by atoms with Crippen LogP contribution in [0, 0.1) is 11.5 Å². The Morgan fingerprint density at radius 2 is 2.18 bits per heavy atom. The van der Waals surface area contributed by atoms with Crippen molar-refractivity contribution in [2.75, 3.05) is 14.2 Å². The van der Waals surface area contributed by atoms with Crippen LogP contribution in [-0.4, -0.2) is 20.1 Å². The average molecular weight is 155 g/mol. The summed E-state index contributed by atoms with van der Waals surface area (Å²) in [6.45, 7) is 0. The SMILES string of the molecule is COC(N)=CC(=NC#N)OC. The smallest absolute Gasteiger partial charge is 0.229 e. The molecular weight excluding hydrogens is 146 g/mol. The topological polar surface area (TPSA) is 80.6 Å². The lowest BCUT2D eigenvalue weighted by molar-refractivity contribution is 0.286. The lowest BCUT2D eigenvalue weighted by Gasteiger charge is -1.98. The zero-order valence-corrected chi connectivity index (χ0v) is 6.37. The Morgan fingerprint density at radius 3 is 2.55 bits per heavy atom. The minimum Gasteiger partial charge on any atom is -0.483 e. The molecule has 0 heterocycles. The van der Waals surface area contributed by atoms with Gasteiger partial charge >= 0.3 is 0 Å². The zero-order valence-electron chi connectivity index (χ0n) is 6.37. The Balaban J connectivity index is 4.32. The summed E-state index contributed by atoms with van der Waals surface area (Å²) < 4.78 is 9.25. The van der Waals surface area contributed by atoms with Gasteiger partial charge in [0.15, 0.2) is 5.88 Å². The number of nitrogens with two attached hydrogens (primary N) is 1. The number of nitrogens with zero attached hydrogens (tertiary/aromatic N) is 2. The summed E-state index contributed by atoms with van der Waals surface area (Å²) in [6.07, 6.45) is 2.86. The number of hydrogen-bond donors (Lipinski definition) is 1. The van der Waals surface area contributed by atoms with Gasteiger partial charge in [-0.2, -0.15) is 5.26 Å². The van der Waals surface area contributed by atoms with Crippen molar-refractivity contribution in [2.45, 2.75) is 0 Å². The van der Waals surface area contributed by atoms with Crippen LogP contribution in [0.25, 0.3) is 0 Å². The van der Waals surface area contributed by atoms with Crippen molar-refractivity contribution >= 4 is 5.90 Å². The van der Waals surface area contributed by atoms with Crippen LogP contribution in [0.3, 0.4) is 0 Å². The van der Waals surface area contributed by atoms with Crippen LogP contribution in [0.4, 0.5) is 0 Å². The number of hydrogen-bond acceptors (Lipinski definition) is 5. The maximum atomic E-state index is 8.12. The number of ether oxygens (including phenoxy) is 2. The second-order valence-electron chi connectivity index (χ2n) is 1.50. The molecule has 2 N–H and O–H groups in total. The minimum absolute atomic E-state index is 0.117. The normalized spacial score (nSPS) is 12.1. The minimum atomic E-state index is 0.117. The fourth-order valence-electron chi connectivity index (χ4n) is 0.367. The number of nitriles is 1. The largest absolute Gasteiger partial charge is 0.483 e. The Hall–Kier alpha value is -1.70. The highest BCUT2D eigenvalue weighted by Crippen LogP contribution is 1.88. The molecular formula is C6H9N3O2. The monoisotopic (exact) mass is 155 g/mol. The Morgan fingerprint density at radius 1 is 1.55 bits per heavy atom. The highest BCUT2D eigenvalue weighted by Gasteiger charge is 1.94. The lowest BCUT2D eigenvalue weighted by atomic mass is 10.6. The second kappa shape index (κ2) is 5.11. The van der Waals surface area contributed by atoms with E-state index in [9.17, 15) is 0 Å². The highest BCUT2D eigenvalue weighted by molar-refractivity contribution is 5.88. The van der Waals surface area contributed by atoms with Crippen molar-refractivity contribution in [3.8, 4) is 6.19 Å². The van der Waals surface area contributed by atoms with E-state index >= 15 is 0 Å². The molecule has 0 radical (unpaired) electrons. The van der Waals surface area contributed by atoms with Crippen LogP contribution in [0.2, 0.25) is 0 Å². The van der Waals surface area contributed by atoms with Crippen LogP contribution in [0.1, 0.15) is 0 Å². The van der Waals surface area contributed by atoms with Gasteiger partial charge in [-0.05, 0) is 0 Å². The molecule has 0 saturated carbocycles. The van der Waals surface area contributed by atoms with E-state index in [0.29, 0.717) is 0 Å². The van der Waals surface area contributed by atoms with Gasteiger partial charge in [-0.3, -0.25) is 0 Å². The predicted octanol–water partition coefficient (Wildman–Crippen LogP) is -0.0411. The van der Waals surface area contributed by atoms with Gasteiger partial charge in [0, 0.05) is 0 Å². The molecule has 5 heteroatoms. The first-order valence-electron chi connectivity index (χ1n) is 2.76. The Bertz CT molecular complexity index is 214. The van der Waals surface area contributed by atoms with Crippen molar-refractivity contribution in [3.63, 3.8) is 0 Å². The molecule has 0 aliphatic rings. The van der Waals surface area contributed by atoms with Crippen molar-refractivity contribution in [2.24, 2.45) is 10.7 Å². The van der Waals surface area contributed by atoms with E-state index in [1.165, 1.54) is 20.3 Å². The summed E-state index contributed by atoms with van der Waals surface area (Å²) in [5.74, 6) is 0.257. The molecule has 0 spiro atoms. The zero-order chi connectivity index (χ0) is 8.69. The molecule has 0 fully saturated rings. The van der Waals surface area contributed by atoms with E-state index in [-0.39, 0.29) is 11.8 Å². The quantitative estimate of drug-likeness (QED) is 0.262. The Kier molecular flexibility index (Phi) is 4.32. The first-order valence-corrected chi connectivity index (χ1v) is 2.76. The Labute approximate surface area is 64.7 Å². The van der Waals surface area contributed by atoms with Gasteiger partial charge in [0.2, 0.25) is 12.1 Å². The van der Waals surface area contributed by atoms with Crippen LogP contribution in [0.15, 0.2) is 17.0 Å². The molecule has 0 aromatic carbocycles. The van der Waals surface area contributed by atoms with E-state index in [1.807, 2.05) is 0 Å². The van der Waals surface area contributed by atoms with E-state index < -0.39 is 0 Å². The summed E-state index contributed by atoms with van der Waals surface area (Å²) in [4.78, 5) is 3.29. The van der Waals surface area contributed by atoms with E-state index in [4.69, 9.17) is 11.0 Å². The van der Waals surface area contributed by atoms with Crippen molar-refractivity contribution in [1.82, 2.24) is 0 Å². The molecule has 0 bridgehead atoms. The molecule has 60 valence electrons. The summed E-state index contributed by atoms with van der Waals surface area (Å²) in [7, 11) is 2.79. The third kappa shape index (κ3) is 3.81. The summed E-state index contributed by atoms with van der Waals surface area (Å²) in [6, 6.07) is 0. The van der Waals surface area contributed by atoms with Gasteiger partial charge in [0.1, 0.15) is 0 Å². The van der Waals surface area contributed by atoms with Crippen molar-refractivity contribution in [3.05, 3.63) is 12.0 Å². The number of methoxy groups -OCH3 is 2. The third-order valence-corrected chi connectivity index (χ3v) is 0.871. The summed E-state index contributed by atoms with van der Waals surface area (Å²) in [5, 5.41) is 8.12. The maximum absolute atomic E-state index is 8.12. The van der Waals surface area contributed by atoms with E-state index in [0.717, 1.165) is 0 Å². The van der Waals surface area contributed by atoms with Gasteiger partial charge in [-0.25, -0.2) is 0 Å². The average Bonchev–Trinajstić information content (AvgIpc) is 2.03. The van der Waals surface area contributed by atoms with E-state index in [1.54, 1.807) is 6.19 Å². The maximum Gasteiger partial charge on any atom is 0.229 e. The summed E-state index contributed by atoms with van der Waals surface area (Å²) in [5.41, 5.74) is 5.25. The number of rotatable bonds is 2. The molecule has 0 atom stereocenters. The first kappa shape index (κ1) is 9.30. The van der Waals surface area contributed by atoms with Crippen LogP contribution < -0.4 is 5.73 Å². The fraction of sp³-hybridized carbons (Fsp3) is 0.333. The predicted molar refractivity (Wildman–Crippen MR) is 39.3 cm³/mol. The van der Waals surface area contributed by atoms with Crippen LogP contribution >= 0.6 is 0 Å². The molecule has 0 aliphatic carbocycles. The third-order valence-electron chi connectivity index (χ3n) is 0.871. The second-order valence-corrected chi connectivity index (χ2v) is 1.50. The molecule has 0 aliphatic heterocycles. The molecule has 0 rings (SSSR count). The van der Waals surface area contributed by atoms with Crippen LogP contribution in [0.5, 0.6) is 0 Å². The molecule has 0 unspecified atom stereocenters. The van der Waals surface area contributed by atoms with Gasteiger partial charge < -0.3 is 15.2 Å². The molecule has 11 heavy (non-hydrogen) atoms. The van der Waals surface area contributed by atoms with Gasteiger partial charge in [0.25, 0.3) is 0 Å². The summed E-state index contributed by atoms with van der Waals surface area (Å²) >= 11 is 0. The first-order chi connectivity index (χ1) is 5.24. The highest BCUT2D eigenvalue weighted by atomic mass is 16.5. The lowest BCUT2D eigenvalue weighted by Crippen LogP contribution is -2.05. The molecule has 0 saturated heterocycles. The standard InChI is InChI=1S/C6H9N3O2/c1-10-5(8)3-6(11-2)9-4-7/h3H,8H2,1-2H3. The fourth-order valence-corrected chi connectivity index (χ4v) is 0.367. The van der Waals surface area contributed by atoms with Gasteiger partial charge in [0.05, 0.1) is 20.3 Å².